The summed E-state index contributed by atoms with van der Waals surface area (Å²) in [5, 5.41) is 0.687. The Kier molecular flexibility index (Phi) is 4.86. The van der Waals surface area contributed by atoms with Gasteiger partial charge in [0.05, 0.1) is 0 Å². The first-order valence-corrected chi connectivity index (χ1v) is 7.19. The summed E-state index contributed by atoms with van der Waals surface area (Å²) in [5.41, 5.74) is 6.82. The predicted molar refractivity (Wildman–Crippen MR) is 83.0 cm³/mol. The van der Waals surface area contributed by atoms with Gasteiger partial charge < -0.3 is 10.5 Å². The van der Waals surface area contributed by atoms with Crippen LogP contribution in [0.2, 0.25) is 5.02 Å². The standard InChI is InChI=1S/C15H15BrClNO/c1-10(18)8-11-2-5-14(9-15(11)17)19-13-6-3-12(16)4-7-13/h2-7,9-10H,8,18H2,1H3. The SMILES string of the molecule is CC(N)Cc1ccc(Oc2ccc(Br)cc2)cc1Cl. The Morgan fingerprint density at radius 2 is 1.79 bits per heavy atom. The largest absolute Gasteiger partial charge is 0.457 e. The Hall–Kier alpha value is -1.03. The quantitative estimate of drug-likeness (QED) is 0.869. The molecule has 0 saturated heterocycles. The topological polar surface area (TPSA) is 35.2 Å². The van der Waals surface area contributed by atoms with Gasteiger partial charge in [-0.15, -0.1) is 0 Å². The summed E-state index contributed by atoms with van der Waals surface area (Å²) < 4.78 is 6.76. The van der Waals surface area contributed by atoms with Crippen molar-refractivity contribution in [1.29, 1.82) is 0 Å². The lowest BCUT2D eigenvalue weighted by Gasteiger charge is -2.10. The van der Waals surface area contributed by atoms with E-state index in [0.717, 1.165) is 28.0 Å². The number of nitrogens with two attached hydrogens (primary N) is 1. The average molecular weight is 341 g/mol. The molecule has 0 bridgehead atoms. The van der Waals surface area contributed by atoms with Gasteiger partial charge in [0.2, 0.25) is 0 Å². The van der Waals surface area contributed by atoms with E-state index in [-0.39, 0.29) is 6.04 Å². The van der Waals surface area contributed by atoms with Crippen LogP contribution in [-0.4, -0.2) is 6.04 Å². The lowest BCUT2D eigenvalue weighted by molar-refractivity contribution is 0.482. The van der Waals surface area contributed by atoms with Crippen molar-refractivity contribution in [2.75, 3.05) is 0 Å². The van der Waals surface area contributed by atoms with Crippen molar-refractivity contribution < 1.29 is 4.74 Å². The van der Waals surface area contributed by atoms with Crippen LogP contribution in [0.3, 0.4) is 0 Å². The van der Waals surface area contributed by atoms with Gasteiger partial charge in [-0.1, -0.05) is 33.6 Å². The Bertz CT molecular complexity index is 555. The molecule has 2 aromatic rings. The average Bonchev–Trinajstić information content (AvgIpc) is 2.35. The summed E-state index contributed by atoms with van der Waals surface area (Å²) in [6, 6.07) is 13.4. The van der Waals surface area contributed by atoms with Crippen LogP contribution in [0.1, 0.15) is 12.5 Å². The molecule has 0 fully saturated rings. The molecule has 2 aromatic carbocycles. The van der Waals surface area contributed by atoms with Gasteiger partial charge in [-0.25, -0.2) is 0 Å². The molecule has 0 aromatic heterocycles. The molecular formula is C15H15BrClNO. The molecule has 0 aliphatic heterocycles. The maximum atomic E-state index is 6.22. The second-order valence-electron chi connectivity index (χ2n) is 4.49. The maximum Gasteiger partial charge on any atom is 0.128 e. The van der Waals surface area contributed by atoms with Gasteiger partial charge in [-0.3, -0.25) is 0 Å². The zero-order valence-corrected chi connectivity index (χ0v) is 12.9. The predicted octanol–water partition coefficient (Wildman–Crippen LogP) is 4.78. The minimum absolute atomic E-state index is 0.0933. The molecule has 0 spiro atoms. The zero-order valence-electron chi connectivity index (χ0n) is 10.6. The van der Waals surface area contributed by atoms with Gasteiger partial charge in [0.1, 0.15) is 11.5 Å². The molecule has 1 unspecified atom stereocenters. The van der Waals surface area contributed by atoms with E-state index in [1.807, 2.05) is 49.4 Å². The fourth-order valence-corrected chi connectivity index (χ4v) is 2.25. The van der Waals surface area contributed by atoms with Crippen molar-refractivity contribution in [1.82, 2.24) is 0 Å². The fraction of sp³-hybridized carbons (Fsp3) is 0.200. The van der Waals surface area contributed by atoms with Crippen LogP contribution in [0.15, 0.2) is 46.9 Å². The number of hydrogen-bond donors (Lipinski definition) is 1. The minimum Gasteiger partial charge on any atom is -0.457 e. The van der Waals surface area contributed by atoms with Crippen LogP contribution in [0.5, 0.6) is 11.5 Å². The summed E-state index contributed by atoms with van der Waals surface area (Å²) >= 11 is 9.61. The third kappa shape index (κ3) is 4.23. The lowest BCUT2D eigenvalue weighted by Crippen LogP contribution is -2.17. The summed E-state index contributed by atoms with van der Waals surface area (Å²) in [6.07, 6.45) is 0.761. The molecule has 0 aliphatic carbocycles. The van der Waals surface area contributed by atoms with E-state index in [1.54, 1.807) is 0 Å². The summed E-state index contributed by atoms with van der Waals surface area (Å²) in [5.74, 6) is 1.50. The first-order valence-electron chi connectivity index (χ1n) is 6.02. The first-order chi connectivity index (χ1) is 9.04. The van der Waals surface area contributed by atoms with Crippen molar-refractivity contribution in [2.45, 2.75) is 19.4 Å². The number of halogens is 2. The number of ether oxygens (including phenoxy) is 1. The van der Waals surface area contributed by atoms with Gasteiger partial charge in [-0.2, -0.15) is 0 Å². The summed E-state index contributed by atoms with van der Waals surface area (Å²) in [6.45, 7) is 1.96. The van der Waals surface area contributed by atoms with Gasteiger partial charge in [0.25, 0.3) is 0 Å². The normalized spacial score (nSPS) is 12.2. The molecule has 2 rings (SSSR count). The van der Waals surface area contributed by atoms with E-state index in [1.165, 1.54) is 0 Å². The second-order valence-corrected chi connectivity index (χ2v) is 5.81. The third-order valence-corrected chi connectivity index (χ3v) is 3.50. The van der Waals surface area contributed by atoms with Crippen LogP contribution in [0.4, 0.5) is 0 Å². The third-order valence-electron chi connectivity index (χ3n) is 2.62. The van der Waals surface area contributed by atoms with Crippen molar-refractivity contribution >= 4 is 27.5 Å². The highest BCUT2D eigenvalue weighted by Gasteiger charge is 2.06. The Morgan fingerprint density at radius 3 is 2.37 bits per heavy atom. The molecule has 100 valence electrons. The highest BCUT2D eigenvalue weighted by atomic mass is 79.9. The van der Waals surface area contributed by atoms with Crippen molar-refractivity contribution in [3.63, 3.8) is 0 Å². The second kappa shape index (κ2) is 6.42. The number of hydrogen-bond acceptors (Lipinski definition) is 2. The summed E-state index contributed by atoms with van der Waals surface area (Å²) in [4.78, 5) is 0. The van der Waals surface area contributed by atoms with Gasteiger partial charge >= 0.3 is 0 Å². The Morgan fingerprint density at radius 1 is 1.16 bits per heavy atom. The molecule has 0 heterocycles. The molecule has 0 aliphatic rings. The molecule has 0 amide bonds. The first kappa shape index (κ1) is 14.4. The highest BCUT2D eigenvalue weighted by molar-refractivity contribution is 9.10. The van der Waals surface area contributed by atoms with Crippen LogP contribution >= 0.6 is 27.5 Å². The molecule has 19 heavy (non-hydrogen) atoms. The number of rotatable bonds is 4. The van der Waals surface area contributed by atoms with Crippen LogP contribution < -0.4 is 10.5 Å². The van der Waals surface area contributed by atoms with Crippen LogP contribution in [0, 0.1) is 0 Å². The van der Waals surface area contributed by atoms with E-state index in [9.17, 15) is 0 Å². The van der Waals surface area contributed by atoms with E-state index in [0.29, 0.717) is 5.02 Å². The monoisotopic (exact) mass is 339 g/mol. The molecular weight excluding hydrogens is 326 g/mol. The highest BCUT2D eigenvalue weighted by Crippen LogP contribution is 2.28. The van der Waals surface area contributed by atoms with Gasteiger partial charge in [-0.05, 0) is 55.3 Å². The molecule has 2 N–H and O–H groups in total. The minimum atomic E-state index is 0.0933. The summed E-state index contributed by atoms with van der Waals surface area (Å²) in [7, 11) is 0. The zero-order chi connectivity index (χ0) is 13.8. The lowest BCUT2D eigenvalue weighted by atomic mass is 10.1. The molecule has 1 atom stereocenters. The van der Waals surface area contributed by atoms with Crippen molar-refractivity contribution in [3.8, 4) is 11.5 Å². The number of benzene rings is 2. The molecule has 0 saturated carbocycles. The van der Waals surface area contributed by atoms with E-state index in [4.69, 9.17) is 22.1 Å². The van der Waals surface area contributed by atoms with Gasteiger partial charge in [0, 0.05) is 15.5 Å². The van der Waals surface area contributed by atoms with E-state index >= 15 is 0 Å². The van der Waals surface area contributed by atoms with Crippen molar-refractivity contribution in [2.24, 2.45) is 5.73 Å². The van der Waals surface area contributed by atoms with E-state index < -0.39 is 0 Å². The molecule has 2 nitrogen and oxygen atoms in total. The molecule has 4 heteroatoms. The Labute approximate surface area is 126 Å². The van der Waals surface area contributed by atoms with Gasteiger partial charge in [0.15, 0.2) is 0 Å². The van der Waals surface area contributed by atoms with Crippen LogP contribution in [0.25, 0.3) is 0 Å². The molecule has 0 radical (unpaired) electrons. The maximum absolute atomic E-state index is 6.22. The Balaban J connectivity index is 2.13. The van der Waals surface area contributed by atoms with Crippen LogP contribution in [-0.2, 0) is 6.42 Å². The fourth-order valence-electron chi connectivity index (χ4n) is 1.74. The smallest absolute Gasteiger partial charge is 0.128 e. The van der Waals surface area contributed by atoms with E-state index in [2.05, 4.69) is 15.9 Å². The van der Waals surface area contributed by atoms with Crippen molar-refractivity contribution in [3.05, 3.63) is 57.5 Å².